The van der Waals surface area contributed by atoms with Crippen molar-refractivity contribution in [2.75, 3.05) is 13.2 Å². The summed E-state index contributed by atoms with van der Waals surface area (Å²) in [5, 5.41) is 5.37. The van der Waals surface area contributed by atoms with Crippen LogP contribution in [0.3, 0.4) is 0 Å². The van der Waals surface area contributed by atoms with Gasteiger partial charge in [-0.25, -0.2) is 0 Å². The maximum Gasteiger partial charge on any atom is 0.253 e. The first-order chi connectivity index (χ1) is 14.1. The highest BCUT2D eigenvalue weighted by Gasteiger charge is 2.24. The SMILES string of the molecule is Cc1cccc2cc(CN(C[C@H]3CCCO3)C(=S)NC3CCCCC3)c(=O)[nH]c12. The summed E-state index contributed by atoms with van der Waals surface area (Å²) in [6, 6.07) is 8.54. The minimum atomic E-state index is -0.0374. The van der Waals surface area contributed by atoms with Crippen molar-refractivity contribution in [1.29, 1.82) is 0 Å². The Balaban J connectivity index is 1.55. The third kappa shape index (κ3) is 4.98. The molecule has 156 valence electrons. The van der Waals surface area contributed by atoms with E-state index in [4.69, 9.17) is 17.0 Å². The summed E-state index contributed by atoms with van der Waals surface area (Å²) in [5.74, 6) is 0. The minimum absolute atomic E-state index is 0.0374. The smallest absolute Gasteiger partial charge is 0.253 e. The Labute approximate surface area is 177 Å². The molecule has 0 spiro atoms. The number of benzene rings is 1. The second-order valence-corrected chi connectivity index (χ2v) is 8.85. The van der Waals surface area contributed by atoms with E-state index in [1.165, 1.54) is 32.1 Å². The van der Waals surface area contributed by atoms with Crippen LogP contribution in [0.1, 0.15) is 56.1 Å². The van der Waals surface area contributed by atoms with Crippen LogP contribution in [-0.2, 0) is 11.3 Å². The monoisotopic (exact) mass is 413 g/mol. The Hall–Kier alpha value is -1.92. The molecular weight excluding hydrogens is 382 g/mol. The van der Waals surface area contributed by atoms with Gasteiger partial charge in [0.05, 0.1) is 18.2 Å². The second-order valence-electron chi connectivity index (χ2n) is 8.46. The normalized spacial score (nSPS) is 20.1. The van der Waals surface area contributed by atoms with Gasteiger partial charge in [-0.1, -0.05) is 37.5 Å². The van der Waals surface area contributed by atoms with Gasteiger partial charge < -0.3 is 19.9 Å². The zero-order valence-corrected chi connectivity index (χ0v) is 18.0. The largest absolute Gasteiger partial charge is 0.376 e. The van der Waals surface area contributed by atoms with Crippen LogP contribution in [0.4, 0.5) is 0 Å². The van der Waals surface area contributed by atoms with Gasteiger partial charge in [-0.05, 0) is 61.8 Å². The van der Waals surface area contributed by atoms with Gasteiger partial charge >= 0.3 is 0 Å². The molecule has 1 saturated carbocycles. The number of nitrogens with one attached hydrogen (secondary N) is 2. The molecule has 2 aliphatic rings. The molecule has 6 heteroatoms. The molecule has 0 amide bonds. The average Bonchev–Trinajstić information content (AvgIpc) is 3.23. The van der Waals surface area contributed by atoms with Crippen molar-refractivity contribution in [3.05, 3.63) is 45.7 Å². The third-order valence-electron chi connectivity index (χ3n) is 6.19. The van der Waals surface area contributed by atoms with E-state index in [1.807, 2.05) is 31.2 Å². The van der Waals surface area contributed by atoms with Crippen molar-refractivity contribution in [2.24, 2.45) is 0 Å². The second kappa shape index (κ2) is 9.26. The lowest BCUT2D eigenvalue weighted by molar-refractivity contribution is 0.0894. The van der Waals surface area contributed by atoms with E-state index in [0.29, 0.717) is 12.6 Å². The van der Waals surface area contributed by atoms with E-state index in [2.05, 4.69) is 15.2 Å². The summed E-state index contributed by atoms with van der Waals surface area (Å²) >= 11 is 5.80. The highest BCUT2D eigenvalue weighted by atomic mass is 32.1. The van der Waals surface area contributed by atoms with Gasteiger partial charge in [0, 0.05) is 24.8 Å². The minimum Gasteiger partial charge on any atom is -0.376 e. The number of aryl methyl sites for hydroxylation is 1. The molecule has 1 saturated heterocycles. The number of fused-ring (bicyclic) bond motifs is 1. The number of nitrogens with zero attached hydrogens (tertiary/aromatic N) is 1. The predicted molar refractivity (Wildman–Crippen MR) is 121 cm³/mol. The number of ether oxygens (including phenoxy) is 1. The van der Waals surface area contributed by atoms with Gasteiger partial charge in [0.15, 0.2) is 5.11 Å². The number of rotatable bonds is 5. The van der Waals surface area contributed by atoms with E-state index in [1.54, 1.807) is 0 Å². The van der Waals surface area contributed by atoms with Crippen molar-refractivity contribution in [2.45, 2.75) is 70.6 Å². The number of aromatic nitrogens is 1. The van der Waals surface area contributed by atoms with Crippen molar-refractivity contribution in [3.63, 3.8) is 0 Å². The summed E-state index contributed by atoms with van der Waals surface area (Å²) in [7, 11) is 0. The first kappa shape index (κ1) is 20.4. The molecular formula is C23H31N3O2S. The number of thiocarbonyl (C=S) groups is 1. The molecule has 2 N–H and O–H groups in total. The summed E-state index contributed by atoms with van der Waals surface area (Å²) < 4.78 is 5.86. The molecule has 2 heterocycles. The molecule has 1 aliphatic heterocycles. The summed E-state index contributed by atoms with van der Waals surface area (Å²) in [4.78, 5) is 18.0. The molecule has 5 nitrogen and oxygen atoms in total. The van der Waals surface area contributed by atoms with Crippen LogP contribution >= 0.6 is 12.2 Å². The topological polar surface area (TPSA) is 57.4 Å². The number of para-hydroxylation sites is 1. The lowest BCUT2D eigenvalue weighted by Crippen LogP contribution is -2.47. The van der Waals surface area contributed by atoms with Gasteiger partial charge in [0.2, 0.25) is 0 Å². The van der Waals surface area contributed by atoms with Crippen LogP contribution in [0, 0.1) is 6.92 Å². The molecule has 1 atom stereocenters. The lowest BCUT2D eigenvalue weighted by atomic mass is 9.96. The number of H-pyrrole nitrogens is 1. The van der Waals surface area contributed by atoms with Gasteiger partial charge in [-0.15, -0.1) is 0 Å². The van der Waals surface area contributed by atoms with Crippen molar-refractivity contribution < 1.29 is 4.74 Å². The standard InChI is InChI=1S/C23H31N3O2S/c1-16-7-5-8-17-13-18(22(27)25-21(16)17)14-26(15-20-11-6-12-28-20)23(29)24-19-9-3-2-4-10-19/h5,7-8,13,19-20H,2-4,6,9-12,14-15H2,1H3,(H,24,29)(H,25,27)/t20-/m1/s1. The maximum atomic E-state index is 12.8. The predicted octanol–water partition coefficient (Wildman–Crippen LogP) is 4.02. The molecule has 2 aromatic rings. The first-order valence-corrected chi connectivity index (χ1v) is 11.3. The number of aromatic amines is 1. The molecule has 0 unspecified atom stereocenters. The molecule has 4 rings (SSSR count). The van der Waals surface area contributed by atoms with Gasteiger partial charge in [0.1, 0.15) is 0 Å². The summed E-state index contributed by atoms with van der Waals surface area (Å²) in [6.07, 6.45) is 8.50. The fourth-order valence-electron chi connectivity index (χ4n) is 4.52. The van der Waals surface area contributed by atoms with Crippen LogP contribution in [0.25, 0.3) is 10.9 Å². The molecule has 0 bridgehead atoms. The molecule has 1 aliphatic carbocycles. The Morgan fingerprint density at radius 3 is 2.83 bits per heavy atom. The fraction of sp³-hybridized carbons (Fsp3) is 0.565. The molecule has 0 radical (unpaired) electrons. The van der Waals surface area contributed by atoms with Crippen molar-refractivity contribution in [1.82, 2.24) is 15.2 Å². The number of pyridine rings is 1. The maximum absolute atomic E-state index is 12.8. The Morgan fingerprint density at radius 2 is 2.07 bits per heavy atom. The average molecular weight is 414 g/mol. The number of hydrogen-bond donors (Lipinski definition) is 2. The lowest BCUT2D eigenvalue weighted by Gasteiger charge is -2.32. The van der Waals surface area contributed by atoms with Crippen molar-refractivity contribution in [3.8, 4) is 0 Å². The van der Waals surface area contributed by atoms with E-state index in [0.717, 1.165) is 53.1 Å². The van der Waals surface area contributed by atoms with E-state index < -0.39 is 0 Å². The third-order valence-corrected chi connectivity index (χ3v) is 6.57. The van der Waals surface area contributed by atoms with Crippen LogP contribution < -0.4 is 10.9 Å². The Kier molecular flexibility index (Phi) is 6.50. The highest BCUT2D eigenvalue weighted by Crippen LogP contribution is 2.20. The zero-order chi connectivity index (χ0) is 20.2. The van der Waals surface area contributed by atoms with Crippen LogP contribution in [-0.4, -0.2) is 40.3 Å². The molecule has 1 aromatic carbocycles. The molecule has 2 fully saturated rings. The summed E-state index contributed by atoms with van der Waals surface area (Å²) in [5.41, 5.74) is 2.70. The van der Waals surface area contributed by atoms with Gasteiger partial charge in [0.25, 0.3) is 5.56 Å². The molecule has 1 aromatic heterocycles. The quantitative estimate of drug-likeness (QED) is 0.725. The Bertz CT molecular complexity index is 914. The van der Waals surface area contributed by atoms with Crippen LogP contribution in [0.15, 0.2) is 29.1 Å². The van der Waals surface area contributed by atoms with Crippen LogP contribution in [0.5, 0.6) is 0 Å². The van der Waals surface area contributed by atoms with Gasteiger partial charge in [-0.2, -0.15) is 0 Å². The highest BCUT2D eigenvalue weighted by molar-refractivity contribution is 7.80. The van der Waals surface area contributed by atoms with E-state index in [-0.39, 0.29) is 11.7 Å². The van der Waals surface area contributed by atoms with E-state index >= 15 is 0 Å². The zero-order valence-electron chi connectivity index (χ0n) is 17.2. The summed E-state index contributed by atoms with van der Waals surface area (Å²) in [6.45, 7) is 4.06. The number of hydrogen-bond acceptors (Lipinski definition) is 3. The fourth-order valence-corrected chi connectivity index (χ4v) is 4.82. The van der Waals surface area contributed by atoms with Crippen LogP contribution in [0.2, 0.25) is 0 Å². The van der Waals surface area contributed by atoms with Crippen molar-refractivity contribution >= 4 is 28.2 Å². The molecule has 29 heavy (non-hydrogen) atoms. The first-order valence-electron chi connectivity index (χ1n) is 10.9. The van der Waals surface area contributed by atoms with E-state index in [9.17, 15) is 4.79 Å². The Morgan fingerprint density at radius 1 is 1.24 bits per heavy atom. The van der Waals surface area contributed by atoms with Gasteiger partial charge in [-0.3, -0.25) is 4.79 Å².